The summed E-state index contributed by atoms with van der Waals surface area (Å²) >= 11 is 0. The van der Waals surface area contributed by atoms with Gasteiger partial charge in [-0.3, -0.25) is 4.79 Å². The van der Waals surface area contributed by atoms with Gasteiger partial charge >= 0.3 is 0 Å². The van der Waals surface area contributed by atoms with Crippen LogP contribution in [0.25, 0.3) is 0 Å². The minimum Gasteiger partial charge on any atom is -0.335 e. The first-order valence-corrected chi connectivity index (χ1v) is 12.3. The van der Waals surface area contributed by atoms with E-state index >= 15 is 0 Å². The fourth-order valence-corrected chi connectivity index (χ4v) is 6.22. The number of sulfonamides is 1. The number of hydrogen-bond donors (Lipinski definition) is 0. The summed E-state index contributed by atoms with van der Waals surface area (Å²) in [6.07, 6.45) is 2.84. The van der Waals surface area contributed by atoms with Gasteiger partial charge in [0.2, 0.25) is 15.9 Å². The molecule has 2 aromatic carbocycles. The van der Waals surface area contributed by atoms with Crippen molar-refractivity contribution in [2.75, 3.05) is 19.6 Å². The lowest BCUT2D eigenvalue weighted by molar-refractivity contribution is -0.137. The molecule has 31 heavy (non-hydrogen) atoms. The summed E-state index contributed by atoms with van der Waals surface area (Å²) in [6.45, 7) is 5.26. The number of likely N-dealkylation sites (tertiary alicyclic amines) is 1. The highest BCUT2D eigenvalue weighted by molar-refractivity contribution is 7.89. The van der Waals surface area contributed by atoms with Gasteiger partial charge in [0.25, 0.3) is 0 Å². The summed E-state index contributed by atoms with van der Waals surface area (Å²) in [4.78, 5) is 15.5. The third kappa shape index (κ3) is 4.39. The predicted octanol–water partition coefficient (Wildman–Crippen LogP) is 4.21. The Morgan fingerprint density at radius 1 is 0.935 bits per heavy atom. The van der Waals surface area contributed by atoms with Crippen LogP contribution < -0.4 is 0 Å². The number of amides is 1. The molecule has 2 heterocycles. The van der Waals surface area contributed by atoms with E-state index in [2.05, 4.69) is 0 Å². The molecule has 4 rings (SSSR count). The fourth-order valence-electron chi connectivity index (χ4n) is 4.66. The first-order valence-electron chi connectivity index (χ1n) is 10.9. The maximum Gasteiger partial charge on any atom is 0.243 e. The van der Waals surface area contributed by atoms with Crippen LogP contribution in [0.4, 0.5) is 4.39 Å². The Kier molecular flexibility index (Phi) is 6.17. The van der Waals surface area contributed by atoms with Crippen LogP contribution >= 0.6 is 0 Å². The molecule has 0 saturated carbocycles. The van der Waals surface area contributed by atoms with Crippen LogP contribution in [0, 0.1) is 25.6 Å². The minimum atomic E-state index is -3.55. The summed E-state index contributed by atoms with van der Waals surface area (Å²) in [5, 5.41) is 0. The summed E-state index contributed by atoms with van der Waals surface area (Å²) in [7, 11) is -3.55. The van der Waals surface area contributed by atoms with Gasteiger partial charge < -0.3 is 4.90 Å². The van der Waals surface area contributed by atoms with Crippen molar-refractivity contribution >= 4 is 15.9 Å². The number of rotatable bonds is 4. The molecule has 2 fully saturated rings. The van der Waals surface area contributed by atoms with Gasteiger partial charge in [-0.05, 0) is 80.5 Å². The molecule has 0 radical (unpaired) electrons. The Morgan fingerprint density at radius 2 is 1.61 bits per heavy atom. The third-order valence-electron chi connectivity index (χ3n) is 6.71. The first-order chi connectivity index (χ1) is 14.8. The maximum absolute atomic E-state index is 13.3. The third-order valence-corrected chi connectivity index (χ3v) is 8.60. The van der Waals surface area contributed by atoms with Crippen LogP contribution in [0.15, 0.2) is 47.4 Å². The molecule has 1 amide bonds. The molecule has 0 bridgehead atoms. The highest BCUT2D eigenvalue weighted by atomic mass is 32.2. The van der Waals surface area contributed by atoms with Crippen LogP contribution in [-0.4, -0.2) is 43.2 Å². The average molecular weight is 445 g/mol. The van der Waals surface area contributed by atoms with E-state index in [1.165, 1.54) is 16.4 Å². The zero-order valence-electron chi connectivity index (χ0n) is 18.1. The molecule has 0 N–H and O–H groups in total. The fraction of sp³-hybridized carbons (Fsp3) is 0.458. The number of nitrogens with zero attached hydrogens (tertiary/aromatic N) is 2. The lowest BCUT2D eigenvalue weighted by Crippen LogP contribution is -2.44. The van der Waals surface area contributed by atoms with Crippen molar-refractivity contribution in [1.82, 2.24) is 9.21 Å². The molecule has 2 aromatic rings. The van der Waals surface area contributed by atoms with E-state index in [-0.39, 0.29) is 23.7 Å². The molecule has 0 spiro atoms. The van der Waals surface area contributed by atoms with Crippen LogP contribution in [-0.2, 0) is 14.8 Å². The number of halogens is 1. The molecule has 0 aliphatic carbocycles. The van der Waals surface area contributed by atoms with E-state index in [0.29, 0.717) is 37.4 Å². The normalized spacial score (nSPS) is 20.9. The van der Waals surface area contributed by atoms with Crippen molar-refractivity contribution < 1.29 is 17.6 Å². The lowest BCUT2D eigenvalue weighted by Gasteiger charge is -2.34. The second-order valence-electron chi connectivity index (χ2n) is 8.67. The number of piperidine rings is 1. The maximum atomic E-state index is 13.3. The van der Waals surface area contributed by atoms with Gasteiger partial charge in [-0.2, -0.15) is 4.31 Å². The molecule has 1 atom stereocenters. The zero-order chi connectivity index (χ0) is 22.2. The van der Waals surface area contributed by atoms with Gasteiger partial charge in [0.1, 0.15) is 5.82 Å². The largest absolute Gasteiger partial charge is 0.335 e. The van der Waals surface area contributed by atoms with Crippen molar-refractivity contribution in [1.29, 1.82) is 0 Å². The van der Waals surface area contributed by atoms with Crippen LogP contribution in [0.1, 0.15) is 48.4 Å². The monoisotopic (exact) mass is 444 g/mol. The Balaban J connectivity index is 1.42. The topological polar surface area (TPSA) is 57.7 Å². The van der Waals surface area contributed by atoms with E-state index in [4.69, 9.17) is 0 Å². The number of benzene rings is 2. The van der Waals surface area contributed by atoms with Crippen molar-refractivity contribution in [2.45, 2.75) is 50.5 Å². The second-order valence-corrected chi connectivity index (χ2v) is 10.6. The van der Waals surface area contributed by atoms with E-state index in [9.17, 15) is 17.6 Å². The zero-order valence-corrected chi connectivity index (χ0v) is 18.9. The number of carbonyl (C=O) groups is 1. The molecular weight excluding hydrogens is 415 g/mol. The number of hydrogen-bond acceptors (Lipinski definition) is 3. The Labute approximate surface area is 183 Å². The molecule has 1 unspecified atom stereocenters. The highest BCUT2D eigenvalue weighted by Gasteiger charge is 2.37. The first kappa shape index (κ1) is 22.0. The van der Waals surface area contributed by atoms with Crippen molar-refractivity contribution in [2.24, 2.45) is 5.92 Å². The molecule has 7 heteroatoms. The quantitative estimate of drug-likeness (QED) is 0.710. The number of carbonyl (C=O) groups excluding carboxylic acids is 1. The van der Waals surface area contributed by atoms with Gasteiger partial charge in [0.05, 0.1) is 10.9 Å². The average Bonchev–Trinajstić information content (AvgIpc) is 3.25. The standard InChI is InChI=1S/C24H29FN2O3S/c1-17-5-10-22(16-18(17)2)31(29,30)26-14-11-20(12-15-26)24(28)27-13-3-4-23(27)19-6-8-21(25)9-7-19/h5-10,16,20,23H,3-4,11-15H2,1-2H3. The Morgan fingerprint density at radius 3 is 2.26 bits per heavy atom. The summed E-state index contributed by atoms with van der Waals surface area (Å²) in [6, 6.07) is 11.6. The lowest BCUT2D eigenvalue weighted by atomic mass is 9.95. The molecule has 5 nitrogen and oxygen atoms in total. The Bertz CT molecular complexity index is 1060. The van der Waals surface area contributed by atoms with Gasteiger partial charge in [-0.25, -0.2) is 12.8 Å². The van der Waals surface area contributed by atoms with E-state index in [1.807, 2.05) is 24.8 Å². The van der Waals surface area contributed by atoms with Gasteiger partial charge in [0.15, 0.2) is 0 Å². The van der Waals surface area contributed by atoms with Crippen molar-refractivity contribution in [3.05, 3.63) is 65.0 Å². The highest BCUT2D eigenvalue weighted by Crippen LogP contribution is 2.35. The van der Waals surface area contributed by atoms with Crippen molar-refractivity contribution in [3.63, 3.8) is 0 Å². The molecule has 2 aliphatic heterocycles. The molecule has 0 aromatic heterocycles. The van der Waals surface area contributed by atoms with E-state index in [1.54, 1.807) is 24.3 Å². The molecular formula is C24H29FN2O3S. The molecule has 2 aliphatic rings. The smallest absolute Gasteiger partial charge is 0.243 e. The predicted molar refractivity (Wildman–Crippen MR) is 117 cm³/mol. The summed E-state index contributed by atoms with van der Waals surface area (Å²) in [5.74, 6) is -0.362. The van der Waals surface area contributed by atoms with Crippen LogP contribution in [0.2, 0.25) is 0 Å². The summed E-state index contributed by atoms with van der Waals surface area (Å²) < 4.78 is 40.9. The van der Waals surface area contributed by atoms with Gasteiger partial charge in [-0.15, -0.1) is 0 Å². The van der Waals surface area contributed by atoms with E-state index in [0.717, 1.165) is 29.5 Å². The van der Waals surface area contributed by atoms with Gasteiger partial charge in [-0.1, -0.05) is 18.2 Å². The van der Waals surface area contributed by atoms with Crippen molar-refractivity contribution in [3.8, 4) is 0 Å². The summed E-state index contributed by atoms with van der Waals surface area (Å²) in [5.41, 5.74) is 2.97. The molecule has 2 saturated heterocycles. The van der Waals surface area contributed by atoms with E-state index < -0.39 is 10.0 Å². The minimum absolute atomic E-state index is 0.0228. The second kappa shape index (κ2) is 8.71. The van der Waals surface area contributed by atoms with Crippen LogP contribution in [0.3, 0.4) is 0 Å². The SMILES string of the molecule is Cc1ccc(S(=O)(=O)N2CCC(C(=O)N3CCCC3c3ccc(F)cc3)CC2)cc1C. The molecule has 166 valence electrons. The van der Waals surface area contributed by atoms with Crippen LogP contribution in [0.5, 0.6) is 0 Å². The van der Waals surface area contributed by atoms with Gasteiger partial charge in [0, 0.05) is 25.6 Å². The number of aryl methyl sites for hydroxylation is 2. The Hall–Kier alpha value is -2.25.